The van der Waals surface area contributed by atoms with Crippen LogP contribution in [0.4, 0.5) is 0 Å². The maximum atomic E-state index is 11.1. The molecule has 0 aliphatic carbocycles. The highest BCUT2D eigenvalue weighted by Gasteiger charge is 2.25. The van der Waals surface area contributed by atoms with Crippen LogP contribution in [-0.4, -0.2) is 25.2 Å². The summed E-state index contributed by atoms with van der Waals surface area (Å²) in [6, 6.07) is 3.74. The lowest BCUT2D eigenvalue weighted by molar-refractivity contribution is -0.142. The lowest BCUT2D eigenvalue weighted by atomic mass is 9.90. The van der Waals surface area contributed by atoms with E-state index >= 15 is 0 Å². The van der Waals surface area contributed by atoms with Gasteiger partial charge in [-0.15, -0.1) is 0 Å². The Labute approximate surface area is 108 Å². The third-order valence-electron chi connectivity index (χ3n) is 3.32. The van der Waals surface area contributed by atoms with E-state index in [2.05, 4.69) is 5.32 Å². The first-order valence-electron chi connectivity index (χ1n) is 5.97. The van der Waals surface area contributed by atoms with Crippen LogP contribution in [0.25, 0.3) is 0 Å². The second kappa shape index (κ2) is 5.87. The Morgan fingerprint density at radius 1 is 1.33 bits per heavy atom. The van der Waals surface area contributed by atoms with E-state index in [0.717, 1.165) is 22.4 Å². The number of carboxylic acids is 1. The second-order valence-electron chi connectivity index (χ2n) is 4.57. The molecule has 0 saturated carbocycles. The summed E-state index contributed by atoms with van der Waals surface area (Å²) < 4.78 is 5.27. The van der Waals surface area contributed by atoms with Crippen LogP contribution < -0.4 is 10.1 Å². The molecule has 0 spiro atoms. The third kappa shape index (κ3) is 2.82. The number of hydrogen-bond donors (Lipinski definition) is 2. The van der Waals surface area contributed by atoms with Crippen LogP contribution in [0.2, 0.25) is 0 Å². The summed E-state index contributed by atoms with van der Waals surface area (Å²) in [5.41, 5.74) is 3.05. The van der Waals surface area contributed by atoms with Crippen LogP contribution in [0, 0.1) is 19.8 Å². The van der Waals surface area contributed by atoms with Crippen molar-refractivity contribution < 1.29 is 14.6 Å². The van der Waals surface area contributed by atoms with Crippen molar-refractivity contribution in [3.8, 4) is 5.75 Å². The zero-order chi connectivity index (χ0) is 13.9. The molecule has 0 radical (unpaired) electrons. The summed E-state index contributed by atoms with van der Waals surface area (Å²) in [4.78, 5) is 11.1. The van der Waals surface area contributed by atoms with Crippen LogP contribution in [0.3, 0.4) is 0 Å². The summed E-state index contributed by atoms with van der Waals surface area (Å²) in [6.07, 6.45) is 0. The van der Waals surface area contributed by atoms with Gasteiger partial charge in [-0.1, -0.05) is 13.0 Å². The molecule has 1 aromatic rings. The van der Waals surface area contributed by atoms with Crippen molar-refractivity contribution in [3.63, 3.8) is 0 Å². The number of carbonyl (C=O) groups is 1. The van der Waals surface area contributed by atoms with E-state index in [4.69, 9.17) is 9.84 Å². The maximum absolute atomic E-state index is 11.1. The summed E-state index contributed by atoms with van der Waals surface area (Å²) >= 11 is 0. The summed E-state index contributed by atoms with van der Waals surface area (Å²) in [6.45, 7) is 5.64. The number of rotatable bonds is 5. The molecule has 0 saturated heterocycles. The van der Waals surface area contributed by atoms with Gasteiger partial charge in [0.1, 0.15) is 5.75 Å². The fourth-order valence-electron chi connectivity index (χ4n) is 2.18. The van der Waals surface area contributed by atoms with Gasteiger partial charge in [0.2, 0.25) is 0 Å². The minimum atomic E-state index is -0.803. The Morgan fingerprint density at radius 2 is 1.94 bits per heavy atom. The van der Waals surface area contributed by atoms with Crippen molar-refractivity contribution >= 4 is 5.97 Å². The molecule has 0 amide bonds. The van der Waals surface area contributed by atoms with Gasteiger partial charge in [-0.25, -0.2) is 0 Å². The van der Waals surface area contributed by atoms with Gasteiger partial charge in [-0.2, -0.15) is 0 Å². The Hall–Kier alpha value is -1.55. The SMILES string of the molecule is CNC(c1cc(C)c(OC)cc1C)C(C)C(=O)O. The smallest absolute Gasteiger partial charge is 0.308 e. The van der Waals surface area contributed by atoms with Crippen molar-refractivity contribution in [3.05, 3.63) is 28.8 Å². The van der Waals surface area contributed by atoms with Crippen LogP contribution in [0.5, 0.6) is 5.75 Å². The number of benzene rings is 1. The first-order chi connectivity index (χ1) is 8.42. The van der Waals surface area contributed by atoms with E-state index in [-0.39, 0.29) is 6.04 Å². The molecular weight excluding hydrogens is 230 g/mol. The normalized spacial score (nSPS) is 14.1. The number of nitrogens with one attached hydrogen (secondary N) is 1. The molecule has 0 fully saturated rings. The van der Waals surface area contributed by atoms with Crippen molar-refractivity contribution in [2.24, 2.45) is 5.92 Å². The Morgan fingerprint density at radius 3 is 2.39 bits per heavy atom. The second-order valence-corrected chi connectivity index (χ2v) is 4.57. The maximum Gasteiger partial charge on any atom is 0.308 e. The standard InChI is InChI=1S/C14H21NO3/c1-8-7-12(18-5)9(2)6-11(8)13(15-4)10(3)14(16)17/h6-7,10,13,15H,1-5H3,(H,16,17). The van der Waals surface area contributed by atoms with Gasteiger partial charge in [0, 0.05) is 6.04 Å². The Balaban J connectivity index is 3.22. The molecule has 4 nitrogen and oxygen atoms in total. The van der Waals surface area contributed by atoms with E-state index in [1.54, 1.807) is 21.1 Å². The highest BCUT2D eigenvalue weighted by atomic mass is 16.5. The predicted octanol–water partition coefficient (Wildman–Crippen LogP) is 2.29. The van der Waals surface area contributed by atoms with Crippen LogP contribution >= 0.6 is 0 Å². The van der Waals surface area contributed by atoms with E-state index < -0.39 is 11.9 Å². The first-order valence-corrected chi connectivity index (χ1v) is 5.97. The summed E-state index contributed by atoms with van der Waals surface area (Å²) in [7, 11) is 3.42. The molecular formula is C14H21NO3. The van der Waals surface area contributed by atoms with Crippen LogP contribution in [0.15, 0.2) is 12.1 Å². The van der Waals surface area contributed by atoms with Gasteiger partial charge < -0.3 is 15.2 Å². The zero-order valence-corrected chi connectivity index (χ0v) is 11.6. The lowest BCUT2D eigenvalue weighted by Gasteiger charge is -2.23. The first kappa shape index (κ1) is 14.5. The number of hydrogen-bond acceptors (Lipinski definition) is 3. The van der Waals surface area contributed by atoms with Crippen molar-refractivity contribution in [1.29, 1.82) is 0 Å². The van der Waals surface area contributed by atoms with E-state index in [0.29, 0.717) is 0 Å². The summed E-state index contributed by atoms with van der Waals surface area (Å²) in [5, 5.41) is 12.2. The number of aliphatic carboxylic acids is 1. The van der Waals surface area contributed by atoms with Gasteiger partial charge in [-0.3, -0.25) is 4.79 Å². The number of ether oxygens (including phenoxy) is 1. The number of aryl methyl sites for hydroxylation is 2. The van der Waals surface area contributed by atoms with E-state index in [9.17, 15) is 4.79 Å². The molecule has 0 aliphatic rings. The minimum Gasteiger partial charge on any atom is -0.496 e. The summed E-state index contributed by atoms with van der Waals surface area (Å²) in [5.74, 6) is -0.460. The van der Waals surface area contributed by atoms with Gasteiger partial charge in [0.25, 0.3) is 0 Å². The monoisotopic (exact) mass is 251 g/mol. The average molecular weight is 251 g/mol. The van der Waals surface area contributed by atoms with Crippen molar-refractivity contribution in [1.82, 2.24) is 5.32 Å². The lowest BCUT2D eigenvalue weighted by Crippen LogP contribution is -2.29. The van der Waals surface area contributed by atoms with Crippen LogP contribution in [-0.2, 0) is 4.79 Å². The van der Waals surface area contributed by atoms with E-state index in [1.807, 2.05) is 26.0 Å². The highest BCUT2D eigenvalue weighted by molar-refractivity contribution is 5.71. The molecule has 0 bridgehead atoms. The molecule has 1 aromatic carbocycles. The minimum absolute atomic E-state index is 0.202. The largest absolute Gasteiger partial charge is 0.496 e. The molecule has 1 rings (SSSR count). The van der Waals surface area contributed by atoms with Gasteiger partial charge in [-0.05, 0) is 43.7 Å². The topological polar surface area (TPSA) is 58.6 Å². The number of methoxy groups -OCH3 is 1. The van der Waals surface area contributed by atoms with Crippen LogP contribution in [0.1, 0.15) is 29.7 Å². The molecule has 0 heterocycles. The molecule has 0 aliphatic heterocycles. The molecule has 4 heteroatoms. The van der Waals surface area contributed by atoms with Crippen molar-refractivity contribution in [2.45, 2.75) is 26.8 Å². The third-order valence-corrected chi connectivity index (χ3v) is 3.32. The van der Waals surface area contributed by atoms with Gasteiger partial charge in [0.05, 0.1) is 13.0 Å². The average Bonchev–Trinajstić information content (AvgIpc) is 2.33. The molecule has 2 unspecified atom stereocenters. The fraction of sp³-hybridized carbons (Fsp3) is 0.500. The van der Waals surface area contributed by atoms with Crippen molar-refractivity contribution in [2.75, 3.05) is 14.2 Å². The zero-order valence-electron chi connectivity index (χ0n) is 11.6. The fourth-order valence-corrected chi connectivity index (χ4v) is 2.18. The molecule has 0 aromatic heterocycles. The Kier molecular flexibility index (Phi) is 4.73. The Bertz CT molecular complexity index is 443. The molecule has 2 N–H and O–H groups in total. The quantitative estimate of drug-likeness (QED) is 0.843. The molecule has 18 heavy (non-hydrogen) atoms. The molecule has 100 valence electrons. The van der Waals surface area contributed by atoms with E-state index in [1.165, 1.54) is 0 Å². The van der Waals surface area contributed by atoms with Gasteiger partial charge >= 0.3 is 5.97 Å². The van der Waals surface area contributed by atoms with Gasteiger partial charge in [0.15, 0.2) is 0 Å². The molecule has 2 atom stereocenters. The predicted molar refractivity (Wildman–Crippen MR) is 71.1 cm³/mol. The highest BCUT2D eigenvalue weighted by Crippen LogP contribution is 2.30. The number of carboxylic acid groups (broad SMARTS) is 1.